The van der Waals surface area contributed by atoms with E-state index in [9.17, 15) is 5.48 Å². The maximum absolute atomic E-state index is 9.20. The predicted molar refractivity (Wildman–Crippen MR) is 283 cm³/mol. The zero-order valence-electron chi connectivity index (χ0n) is 49.5. The van der Waals surface area contributed by atoms with Crippen molar-refractivity contribution in [2.75, 3.05) is 0 Å². The highest BCUT2D eigenvalue weighted by Gasteiger charge is 2.44. The molecule has 0 fully saturated rings. The van der Waals surface area contributed by atoms with Crippen molar-refractivity contribution in [1.29, 1.82) is 0 Å². The Kier molecular flexibility index (Phi) is 7.47. The number of ether oxygens (including phenoxy) is 1. The molecule has 12 rings (SSSR count). The van der Waals surface area contributed by atoms with Crippen molar-refractivity contribution in [2.45, 2.75) is 64.7 Å². The van der Waals surface area contributed by atoms with Gasteiger partial charge in [-0.3, -0.25) is 13.7 Å². The normalized spacial score (nSPS) is 16.0. The first-order chi connectivity index (χ1) is 37.5. The molecule has 0 saturated carbocycles. The Balaban J connectivity index is 1.14. The molecule has 0 amide bonds. The summed E-state index contributed by atoms with van der Waals surface area (Å²) in [6.07, 6.45) is 5.48. The van der Waals surface area contributed by atoms with Gasteiger partial charge >= 0.3 is 0 Å². The van der Waals surface area contributed by atoms with Gasteiger partial charge in [0.15, 0.2) is 0 Å². The summed E-state index contributed by atoms with van der Waals surface area (Å²) in [7, 11) is 0. The topological polar surface area (TPSA) is 35.9 Å². The fraction of sp³-hybridized carbons (Fsp3) is 0.156. The molecule has 3 heterocycles. The van der Waals surface area contributed by atoms with Gasteiger partial charge in [-0.05, 0) is 92.4 Å². The van der Waals surface area contributed by atoms with Crippen LogP contribution in [0.2, 0.25) is 0 Å². The third kappa shape index (κ3) is 6.82. The molecule has 0 N–H and O–H groups in total. The highest BCUT2D eigenvalue weighted by atomic mass is 16.5. The van der Waals surface area contributed by atoms with Gasteiger partial charge in [0.1, 0.15) is 17.3 Å². The predicted octanol–water partition coefficient (Wildman–Crippen LogP) is 15.6. The maximum Gasteiger partial charge on any atom is 0.269 e. The van der Waals surface area contributed by atoms with Crippen molar-refractivity contribution < 1.29 is 23.0 Å². The van der Waals surface area contributed by atoms with Gasteiger partial charge in [-0.25, -0.2) is 4.98 Å². The summed E-state index contributed by atoms with van der Waals surface area (Å²) >= 11 is 0. The van der Waals surface area contributed by atoms with Crippen molar-refractivity contribution in [3.05, 3.63) is 234 Å². The van der Waals surface area contributed by atoms with Gasteiger partial charge in [-0.1, -0.05) is 194 Å². The van der Waals surface area contributed by atoms with Gasteiger partial charge in [-0.2, -0.15) is 0 Å². The highest BCUT2D eigenvalue weighted by Crippen LogP contribution is 2.54. The monoisotopic (exact) mass is 904 g/mol. The summed E-state index contributed by atoms with van der Waals surface area (Å²) in [6, 6.07) is 38.6. The van der Waals surface area contributed by atoms with Gasteiger partial charge in [0.05, 0.1) is 47.1 Å². The van der Waals surface area contributed by atoms with E-state index in [-0.39, 0.29) is 33.4 Å². The van der Waals surface area contributed by atoms with E-state index in [1.165, 1.54) is 11.1 Å². The van der Waals surface area contributed by atoms with E-state index in [2.05, 4.69) is 126 Å². The molecule has 5 heteroatoms. The average molecular weight is 905 g/mol. The summed E-state index contributed by atoms with van der Waals surface area (Å²) in [6.45, 7) is 15.5. The summed E-state index contributed by atoms with van der Waals surface area (Å²) in [5, 5.41) is 2.12. The van der Waals surface area contributed by atoms with Crippen molar-refractivity contribution in [1.82, 2.24) is 14.1 Å². The SMILES string of the molecule is [2H]c1c([2H])c([2H])c(-c2cccc(-c3c([2H])c([2H])c([2H])c([2H])c3[2H])c2-[n+]2[c-]n(-c3cc(Oc4ccc5c6ccccc6n(-c6cc(C(C)(C)C)ccn6)c5c4)c4c(c3)C(C)(C)c3ccccc3C4(C)C)c3ccccc32)c([2H])c1[2H]. The summed E-state index contributed by atoms with van der Waals surface area (Å²) in [5.74, 6) is 2.00. The molecular weight excluding hydrogens is 841 g/mol. The molecule has 1 aliphatic rings. The lowest BCUT2D eigenvalue weighted by Gasteiger charge is -2.44. The molecule has 1 aliphatic carbocycles. The first kappa shape index (κ1) is 32.6. The number of nitrogens with zero attached hydrogens (tertiary/aromatic N) is 4. The molecule has 336 valence electrons. The van der Waals surface area contributed by atoms with E-state index in [1.807, 2.05) is 59.3 Å². The standard InChI is InChI=1S/C64H54N4O/c1-62(2,3)44-35-36-65-59(37-44)68-54-30-17-14-25-49(54)50-34-33-46(40-57(50)68)69-58-39-45(38-53-60(58)64(6,7)52-29-16-15-28-51(52)63(53,4)5)66-41-67(56-32-19-18-31-55(56)66)61-47(42-21-10-8-11-22-42)26-20-27-48(61)43-23-12-9-13-24-43/h8-40H,1-7H3/i8D,9D,10D,11D,12D,13D,21D,22D,23D,24D. The molecule has 0 atom stereocenters. The summed E-state index contributed by atoms with van der Waals surface area (Å²) in [5.41, 5.74) is 8.32. The second-order valence-corrected chi connectivity index (χ2v) is 19.9. The van der Waals surface area contributed by atoms with Gasteiger partial charge in [0.25, 0.3) is 6.33 Å². The Morgan fingerprint density at radius 2 is 1.22 bits per heavy atom. The average Bonchev–Trinajstić information content (AvgIpc) is 4.06. The molecule has 8 aromatic carbocycles. The van der Waals surface area contributed by atoms with Crippen LogP contribution in [0.3, 0.4) is 0 Å². The lowest BCUT2D eigenvalue weighted by Crippen LogP contribution is -2.37. The third-order valence-corrected chi connectivity index (χ3v) is 14.0. The van der Waals surface area contributed by atoms with Crippen LogP contribution in [0.4, 0.5) is 0 Å². The van der Waals surface area contributed by atoms with Crippen LogP contribution in [-0.2, 0) is 16.2 Å². The van der Waals surface area contributed by atoms with Gasteiger partial charge in [-0.15, -0.1) is 0 Å². The molecule has 0 spiro atoms. The van der Waals surface area contributed by atoms with Crippen LogP contribution in [-0.4, -0.2) is 14.1 Å². The summed E-state index contributed by atoms with van der Waals surface area (Å²) < 4.78 is 102. The number of hydrogen-bond donors (Lipinski definition) is 0. The number of fused-ring (bicyclic) bond motifs is 6. The minimum Gasteiger partial charge on any atom is -0.457 e. The molecule has 3 aromatic heterocycles. The first-order valence-electron chi connectivity index (χ1n) is 28.2. The van der Waals surface area contributed by atoms with Crippen LogP contribution in [0.25, 0.3) is 72.3 Å². The molecule has 69 heavy (non-hydrogen) atoms. The molecule has 0 aliphatic heterocycles. The Morgan fingerprint density at radius 1 is 0.594 bits per heavy atom. The van der Waals surface area contributed by atoms with Crippen LogP contribution < -0.4 is 9.30 Å². The fourth-order valence-corrected chi connectivity index (χ4v) is 10.6. The van der Waals surface area contributed by atoms with E-state index in [4.69, 9.17) is 17.9 Å². The zero-order chi connectivity index (χ0) is 55.9. The largest absolute Gasteiger partial charge is 0.457 e. The molecule has 0 bridgehead atoms. The smallest absolute Gasteiger partial charge is 0.269 e. The lowest BCUT2D eigenvalue weighted by atomic mass is 9.59. The van der Waals surface area contributed by atoms with Crippen LogP contribution in [0.5, 0.6) is 11.5 Å². The minimum atomic E-state index is -0.567. The van der Waals surface area contributed by atoms with Gasteiger partial charge in [0, 0.05) is 39.4 Å². The number of pyridine rings is 1. The van der Waals surface area contributed by atoms with Crippen LogP contribution in [0.15, 0.2) is 200 Å². The number of aromatic nitrogens is 4. The van der Waals surface area contributed by atoms with Gasteiger partial charge in [0.2, 0.25) is 0 Å². The lowest BCUT2D eigenvalue weighted by molar-refractivity contribution is -0.571. The molecular formula is C64H54N4O. The molecule has 0 radical (unpaired) electrons. The van der Waals surface area contributed by atoms with E-state index >= 15 is 0 Å². The molecule has 0 saturated heterocycles. The molecule has 0 unspecified atom stereocenters. The Bertz CT molecular complexity index is 4270. The second-order valence-electron chi connectivity index (χ2n) is 19.9. The number of imidazole rings is 1. The molecule has 5 nitrogen and oxygen atoms in total. The van der Waals surface area contributed by atoms with E-state index in [0.717, 1.165) is 44.3 Å². The maximum atomic E-state index is 9.20. The molecule has 11 aromatic rings. The number of rotatable bonds is 7. The Hall–Kier alpha value is -8.02. The zero-order valence-corrected chi connectivity index (χ0v) is 39.5. The van der Waals surface area contributed by atoms with Crippen LogP contribution in [0.1, 0.15) is 90.0 Å². The fourth-order valence-electron chi connectivity index (χ4n) is 10.6. The third-order valence-electron chi connectivity index (χ3n) is 14.0. The number of hydrogen-bond acceptors (Lipinski definition) is 2. The summed E-state index contributed by atoms with van der Waals surface area (Å²) in [4.78, 5) is 4.93. The van der Waals surface area contributed by atoms with Crippen LogP contribution >= 0.6 is 0 Å². The van der Waals surface area contributed by atoms with Crippen molar-refractivity contribution in [3.63, 3.8) is 0 Å². The Labute approximate surface area is 418 Å². The quantitative estimate of drug-likeness (QED) is 0.118. The van der Waals surface area contributed by atoms with Crippen LogP contribution in [0, 0.1) is 6.33 Å². The number of benzene rings is 8. The van der Waals surface area contributed by atoms with Crippen molar-refractivity contribution in [2.24, 2.45) is 0 Å². The van der Waals surface area contributed by atoms with Gasteiger partial charge < -0.3 is 4.74 Å². The van der Waals surface area contributed by atoms with Crippen molar-refractivity contribution >= 4 is 32.8 Å². The second kappa shape index (κ2) is 15.8. The number of para-hydroxylation sites is 4. The first-order valence-corrected chi connectivity index (χ1v) is 23.2. The minimum absolute atomic E-state index is 0.115. The van der Waals surface area contributed by atoms with E-state index in [1.54, 1.807) is 22.8 Å². The van der Waals surface area contributed by atoms with E-state index in [0.29, 0.717) is 28.2 Å². The Morgan fingerprint density at radius 3 is 1.91 bits per heavy atom. The highest BCUT2D eigenvalue weighted by molar-refractivity contribution is 6.09. The van der Waals surface area contributed by atoms with E-state index < -0.39 is 71.3 Å². The van der Waals surface area contributed by atoms with Crippen molar-refractivity contribution in [3.8, 4) is 50.9 Å².